The predicted octanol–water partition coefficient (Wildman–Crippen LogP) is 8.51. The van der Waals surface area contributed by atoms with E-state index in [9.17, 15) is 33.0 Å². The highest BCUT2D eigenvalue weighted by Gasteiger charge is 2.57. The molecule has 3 aliphatic carbocycles. The zero-order valence-electron chi connectivity index (χ0n) is 28.8. The Bertz CT molecular complexity index is 1670. The summed E-state index contributed by atoms with van der Waals surface area (Å²) in [7, 11) is 0. The van der Waals surface area contributed by atoms with Crippen LogP contribution in [0.5, 0.6) is 5.75 Å². The van der Waals surface area contributed by atoms with E-state index >= 15 is 0 Å². The highest BCUT2D eigenvalue weighted by atomic mass is 19.4. The van der Waals surface area contributed by atoms with Crippen molar-refractivity contribution >= 4 is 11.9 Å². The number of hydrogen-bond acceptors (Lipinski definition) is 6. The molecule has 4 atom stereocenters. The Kier molecular flexibility index (Phi) is 11.4. The molecule has 10 heteroatoms. The topological polar surface area (TPSA) is 96.3 Å². The van der Waals surface area contributed by atoms with Crippen molar-refractivity contribution in [3.05, 3.63) is 112 Å². The minimum atomic E-state index is -4.83. The SMILES string of the molecule is CCOC(=O)N(Cc1ccc(OC(F)(F)F)cc1)C[C@]1(O)CC[C@H]2c3ccc(cc3C(=O)c3ccccc3)C[C@@H](O)CCC(C)=CCC[C@@]21C. The van der Waals surface area contributed by atoms with E-state index < -0.39 is 29.6 Å². The molecule has 1 fully saturated rings. The maximum Gasteiger partial charge on any atom is 0.573 e. The number of benzene rings is 3. The first-order valence-electron chi connectivity index (χ1n) is 17.3. The fourth-order valence-corrected chi connectivity index (χ4v) is 7.67. The number of allylic oxidation sites excluding steroid dienone is 2. The number of nitrogens with zero attached hydrogens (tertiary/aromatic N) is 1. The molecule has 3 aromatic rings. The fraction of sp³-hybridized carbons (Fsp3) is 0.450. The molecule has 3 aliphatic rings. The first kappa shape index (κ1) is 37.1. The number of ketones is 1. The summed E-state index contributed by atoms with van der Waals surface area (Å²) >= 11 is 0. The van der Waals surface area contributed by atoms with Crippen molar-refractivity contribution in [3.63, 3.8) is 0 Å². The Morgan fingerprint density at radius 3 is 2.40 bits per heavy atom. The maximum atomic E-state index is 14.1. The summed E-state index contributed by atoms with van der Waals surface area (Å²) in [5, 5.41) is 23.6. The third kappa shape index (κ3) is 8.58. The van der Waals surface area contributed by atoms with Crippen LogP contribution in [0.2, 0.25) is 0 Å². The third-order valence-corrected chi connectivity index (χ3v) is 10.5. The molecule has 0 spiro atoms. The lowest BCUT2D eigenvalue weighted by molar-refractivity contribution is -0.274. The fourth-order valence-electron chi connectivity index (χ4n) is 7.67. The van der Waals surface area contributed by atoms with Crippen molar-refractivity contribution in [2.45, 2.75) is 96.2 Å². The average Bonchev–Trinajstić information content (AvgIpc) is 3.32. The second kappa shape index (κ2) is 15.4. The smallest absolute Gasteiger partial charge is 0.450 e. The van der Waals surface area contributed by atoms with Crippen molar-refractivity contribution in [1.82, 2.24) is 4.90 Å². The molecule has 0 unspecified atom stereocenters. The lowest BCUT2D eigenvalue weighted by atomic mass is 9.64. The van der Waals surface area contributed by atoms with Gasteiger partial charge in [0.1, 0.15) is 5.75 Å². The van der Waals surface area contributed by atoms with Crippen molar-refractivity contribution in [3.8, 4) is 5.75 Å². The van der Waals surface area contributed by atoms with Gasteiger partial charge in [-0.15, -0.1) is 13.2 Å². The molecule has 268 valence electrons. The van der Waals surface area contributed by atoms with Gasteiger partial charge in [-0.2, -0.15) is 0 Å². The van der Waals surface area contributed by atoms with E-state index in [0.29, 0.717) is 61.6 Å². The summed E-state index contributed by atoms with van der Waals surface area (Å²) in [6.07, 6.45) is -0.125. The molecule has 0 saturated heterocycles. The number of alkyl halides is 3. The van der Waals surface area contributed by atoms with Gasteiger partial charge in [0.2, 0.25) is 0 Å². The molecule has 50 heavy (non-hydrogen) atoms. The van der Waals surface area contributed by atoms with Crippen molar-refractivity contribution < 1.29 is 42.4 Å². The zero-order chi connectivity index (χ0) is 36.1. The number of fused-ring (bicyclic) bond motifs is 8. The summed E-state index contributed by atoms with van der Waals surface area (Å²) in [5.74, 6) is -0.768. The normalized spacial score (nSPS) is 24.1. The van der Waals surface area contributed by atoms with Crippen molar-refractivity contribution in [1.29, 1.82) is 0 Å². The second-order valence-electron chi connectivity index (χ2n) is 13.9. The monoisotopic (exact) mass is 693 g/mol. The molecular weight excluding hydrogens is 647 g/mol. The van der Waals surface area contributed by atoms with Gasteiger partial charge in [-0.3, -0.25) is 4.79 Å². The number of halogens is 3. The zero-order valence-corrected chi connectivity index (χ0v) is 28.8. The molecule has 7 nitrogen and oxygen atoms in total. The van der Waals surface area contributed by atoms with Crippen LogP contribution in [0, 0.1) is 5.41 Å². The van der Waals surface area contributed by atoms with Gasteiger partial charge in [-0.25, -0.2) is 4.79 Å². The Morgan fingerprint density at radius 2 is 1.72 bits per heavy atom. The number of amides is 1. The number of aliphatic hydroxyl groups is 2. The molecule has 1 saturated carbocycles. The van der Waals surface area contributed by atoms with Gasteiger partial charge >= 0.3 is 12.5 Å². The standard InChI is InChI=1S/C40H46F3NO6/c1-4-49-37(47)44(25-28-13-17-32(18-14-28)50-40(41,42)43)26-39(48)22-20-35-33-19-15-29(24-34(33)36(46)30-10-6-5-7-11-30)23-31(45)16-12-27(2)9-8-21-38(35,39)3/h5-7,9-11,13-15,17-19,24,31,35,45,48H,4,8,12,16,20-23,25-26H2,1-3H3/t31-,35-,38-,39+/m0/s1. The van der Waals surface area contributed by atoms with Gasteiger partial charge in [0, 0.05) is 23.1 Å². The minimum absolute atomic E-state index is 0.0119. The molecule has 2 N–H and O–H groups in total. The third-order valence-electron chi connectivity index (χ3n) is 10.5. The lowest BCUT2D eigenvalue weighted by Crippen LogP contribution is -2.53. The molecule has 0 heterocycles. The van der Waals surface area contributed by atoms with Crippen LogP contribution in [-0.2, 0) is 17.7 Å². The summed E-state index contributed by atoms with van der Waals surface area (Å²) in [6, 6.07) is 20.1. The van der Waals surface area contributed by atoms with Crippen LogP contribution in [0.3, 0.4) is 0 Å². The number of carbonyl (C=O) groups excluding carboxylic acids is 2. The largest absolute Gasteiger partial charge is 0.573 e. The number of aliphatic hydroxyl groups excluding tert-OH is 1. The second-order valence-corrected chi connectivity index (χ2v) is 13.9. The Balaban J connectivity index is 1.54. The van der Waals surface area contributed by atoms with E-state index in [-0.39, 0.29) is 37.1 Å². The molecule has 6 rings (SSSR count). The van der Waals surface area contributed by atoms with Crippen LogP contribution in [0.15, 0.2) is 84.4 Å². The highest BCUT2D eigenvalue weighted by Crippen LogP contribution is 2.59. The average molecular weight is 694 g/mol. The molecule has 0 aromatic heterocycles. The van der Waals surface area contributed by atoms with Crippen molar-refractivity contribution in [2.75, 3.05) is 13.2 Å². The number of hydrogen-bond donors (Lipinski definition) is 2. The maximum absolute atomic E-state index is 14.1. The van der Waals surface area contributed by atoms with E-state index in [1.807, 2.05) is 50.2 Å². The predicted molar refractivity (Wildman–Crippen MR) is 184 cm³/mol. The van der Waals surface area contributed by atoms with Crippen LogP contribution in [0.4, 0.5) is 18.0 Å². The first-order chi connectivity index (χ1) is 23.7. The van der Waals surface area contributed by atoms with E-state index in [4.69, 9.17) is 4.74 Å². The highest BCUT2D eigenvalue weighted by molar-refractivity contribution is 6.10. The van der Waals surface area contributed by atoms with E-state index in [2.05, 4.69) is 10.8 Å². The Morgan fingerprint density at radius 1 is 1.00 bits per heavy atom. The van der Waals surface area contributed by atoms with Crippen molar-refractivity contribution in [2.24, 2.45) is 5.41 Å². The van der Waals surface area contributed by atoms with E-state index in [0.717, 1.165) is 16.7 Å². The quantitative estimate of drug-likeness (QED) is 0.182. The lowest BCUT2D eigenvalue weighted by Gasteiger charge is -2.46. The number of carbonyl (C=O) groups is 2. The van der Waals surface area contributed by atoms with Crippen LogP contribution in [0.1, 0.15) is 97.8 Å². The summed E-state index contributed by atoms with van der Waals surface area (Å²) < 4.78 is 47.7. The summed E-state index contributed by atoms with van der Waals surface area (Å²) in [5.41, 5.74) is 2.21. The molecule has 2 bridgehead atoms. The van der Waals surface area contributed by atoms with E-state index in [1.165, 1.54) is 29.2 Å². The molecule has 0 radical (unpaired) electrons. The Labute approximate surface area is 291 Å². The van der Waals surface area contributed by atoms with Crippen LogP contribution in [0.25, 0.3) is 0 Å². The van der Waals surface area contributed by atoms with Gasteiger partial charge in [0.25, 0.3) is 0 Å². The summed E-state index contributed by atoms with van der Waals surface area (Å²) in [4.78, 5) is 28.9. The van der Waals surface area contributed by atoms with Crippen LogP contribution >= 0.6 is 0 Å². The van der Waals surface area contributed by atoms with Gasteiger partial charge in [-0.1, -0.05) is 73.2 Å². The Hall–Kier alpha value is -4.15. The molecule has 1 amide bonds. The van der Waals surface area contributed by atoms with E-state index in [1.54, 1.807) is 19.1 Å². The summed E-state index contributed by atoms with van der Waals surface area (Å²) in [6.45, 7) is 5.75. The number of rotatable bonds is 8. The first-order valence-corrected chi connectivity index (χ1v) is 17.3. The number of ether oxygens (including phenoxy) is 2. The molecule has 3 aromatic carbocycles. The van der Waals surface area contributed by atoms with Gasteiger partial charge in [0.15, 0.2) is 5.78 Å². The minimum Gasteiger partial charge on any atom is -0.450 e. The van der Waals surface area contributed by atoms with Gasteiger partial charge in [-0.05, 0) is 99.6 Å². The van der Waals surface area contributed by atoms with Crippen LogP contribution in [-0.4, -0.2) is 58.2 Å². The van der Waals surface area contributed by atoms with Gasteiger partial charge in [0.05, 0.1) is 24.9 Å². The van der Waals surface area contributed by atoms with Gasteiger partial charge < -0.3 is 24.6 Å². The molecular formula is C40H46F3NO6. The molecule has 0 aliphatic heterocycles. The van der Waals surface area contributed by atoms with Crippen LogP contribution < -0.4 is 4.74 Å².